The maximum Gasteiger partial charge on any atom is 0.239 e. The number of hydrogen-bond donors (Lipinski definition) is 2. The molecule has 1 amide bonds. The molecule has 24 heavy (non-hydrogen) atoms. The Hall–Kier alpha value is -2.48. The van der Waals surface area contributed by atoms with Gasteiger partial charge in [-0.05, 0) is 25.5 Å². The number of fused-ring (bicyclic) bond motifs is 1. The third-order valence-corrected chi connectivity index (χ3v) is 4.71. The Morgan fingerprint density at radius 3 is 2.96 bits per heavy atom. The SMILES string of the molecule is CCC(Sc1nc2ccc(OC)cc2[nH]1)C(=O)Nc1cc(C)on1. The van der Waals surface area contributed by atoms with E-state index in [-0.39, 0.29) is 11.2 Å². The molecule has 0 fully saturated rings. The number of methoxy groups -OCH3 is 1. The number of hydrogen-bond acceptors (Lipinski definition) is 6. The molecule has 7 nitrogen and oxygen atoms in total. The molecule has 2 N–H and O–H groups in total. The van der Waals surface area contributed by atoms with Crippen LogP contribution >= 0.6 is 11.8 Å². The van der Waals surface area contributed by atoms with E-state index in [1.807, 2.05) is 25.1 Å². The predicted molar refractivity (Wildman–Crippen MR) is 92.5 cm³/mol. The number of benzene rings is 1. The van der Waals surface area contributed by atoms with Crippen LogP contribution in [0.2, 0.25) is 0 Å². The van der Waals surface area contributed by atoms with Gasteiger partial charge in [0, 0.05) is 12.1 Å². The first-order valence-electron chi connectivity index (χ1n) is 7.53. The van der Waals surface area contributed by atoms with Gasteiger partial charge in [0.2, 0.25) is 5.91 Å². The lowest BCUT2D eigenvalue weighted by molar-refractivity contribution is -0.115. The fourth-order valence-electron chi connectivity index (χ4n) is 2.24. The summed E-state index contributed by atoms with van der Waals surface area (Å²) in [7, 11) is 1.62. The topological polar surface area (TPSA) is 93.0 Å². The molecule has 0 bridgehead atoms. The summed E-state index contributed by atoms with van der Waals surface area (Å²) in [5, 5.41) is 6.94. The summed E-state index contributed by atoms with van der Waals surface area (Å²) in [6.07, 6.45) is 0.660. The number of ether oxygens (including phenoxy) is 1. The van der Waals surface area contributed by atoms with Crippen LogP contribution in [0.15, 0.2) is 33.9 Å². The molecule has 1 atom stereocenters. The lowest BCUT2D eigenvalue weighted by Crippen LogP contribution is -2.24. The molecule has 1 unspecified atom stereocenters. The molecule has 3 rings (SSSR count). The second-order valence-corrected chi connectivity index (χ2v) is 6.44. The molecule has 2 aromatic heterocycles. The van der Waals surface area contributed by atoms with Crippen molar-refractivity contribution in [3.05, 3.63) is 30.0 Å². The molecule has 0 aliphatic rings. The highest BCUT2D eigenvalue weighted by Gasteiger charge is 2.21. The molecule has 3 aromatic rings. The van der Waals surface area contributed by atoms with Crippen LogP contribution in [0.25, 0.3) is 11.0 Å². The third kappa shape index (κ3) is 3.53. The number of thioether (sulfide) groups is 1. The van der Waals surface area contributed by atoms with Crippen molar-refractivity contribution in [1.82, 2.24) is 15.1 Å². The van der Waals surface area contributed by atoms with Crippen LogP contribution in [0.3, 0.4) is 0 Å². The van der Waals surface area contributed by atoms with Crippen molar-refractivity contribution in [2.45, 2.75) is 30.7 Å². The number of rotatable bonds is 6. The number of aromatic nitrogens is 3. The summed E-state index contributed by atoms with van der Waals surface area (Å²) in [5.41, 5.74) is 1.71. The minimum atomic E-state index is -0.288. The fraction of sp³-hybridized carbons (Fsp3) is 0.312. The Bertz CT molecular complexity index is 858. The van der Waals surface area contributed by atoms with Crippen molar-refractivity contribution in [1.29, 1.82) is 0 Å². The molecule has 1 aromatic carbocycles. The van der Waals surface area contributed by atoms with Crippen LogP contribution in [0.5, 0.6) is 5.75 Å². The van der Waals surface area contributed by atoms with Crippen molar-refractivity contribution < 1.29 is 14.1 Å². The van der Waals surface area contributed by atoms with Crippen molar-refractivity contribution in [3.8, 4) is 5.75 Å². The number of nitrogens with one attached hydrogen (secondary N) is 2. The third-order valence-electron chi connectivity index (χ3n) is 3.46. The molecule has 0 radical (unpaired) electrons. The summed E-state index contributed by atoms with van der Waals surface area (Å²) in [6, 6.07) is 7.30. The maximum absolute atomic E-state index is 12.4. The van der Waals surface area contributed by atoms with E-state index < -0.39 is 0 Å². The van der Waals surface area contributed by atoms with Gasteiger partial charge < -0.3 is 19.6 Å². The average molecular weight is 346 g/mol. The van der Waals surface area contributed by atoms with Gasteiger partial charge in [-0.1, -0.05) is 23.8 Å². The summed E-state index contributed by atoms with van der Waals surface area (Å²) in [4.78, 5) is 20.1. The van der Waals surface area contributed by atoms with Gasteiger partial charge in [-0.2, -0.15) is 0 Å². The molecule has 0 saturated carbocycles. The number of anilines is 1. The van der Waals surface area contributed by atoms with E-state index in [1.165, 1.54) is 11.8 Å². The number of aryl methyl sites for hydroxylation is 1. The lowest BCUT2D eigenvalue weighted by atomic mass is 10.3. The largest absolute Gasteiger partial charge is 0.497 e. The predicted octanol–water partition coefficient (Wildman–Crippen LogP) is 3.38. The van der Waals surface area contributed by atoms with Crippen LogP contribution in [0.1, 0.15) is 19.1 Å². The average Bonchev–Trinajstić information content (AvgIpc) is 3.16. The van der Waals surface area contributed by atoms with Gasteiger partial charge in [0.05, 0.1) is 23.4 Å². The lowest BCUT2D eigenvalue weighted by Gasteiger charge is -2.11. The van der Waals surface area contributed by atoms with Gasteiger partial charge in [-0.15, -0.1) is 0 Å². The number of aromatic amines is 1. The second kappa shape index (κ2) is 6.96. The molecule has 2 heterocycles. The number of H-pyrrole nitrogens is 1. The zero-order valence-electron chi connectivity index (χ0n) is 13.6. The minimum Gasteiger partial charge on any atom is -0.497 e. The van der Waals surface area contributed by atoms with Gasteiger partial charge in [-0.25, -0.2) is 4.98 Å². The highest BCUT2D eigenvalue weighted by Crippen LogP contribution is 2.27. The van der Waals surface area contributed by atoms with Crippen molar-refractivity contribution in [2.24, 2.45) is 0 Å². The number of carbonyl (C=O) groups is 1. The standard InChI is InChI=1S/C16H18N4O3S/c1-4-13(15(21)19-14-7-9(2)23-20-14)24-16-17-11-6-5-10(22-3)8-12(11)18-16/h5-8,13H,4H2,1-3H3,(H,17,18)(H,19,20,21). The Morgan fingerprint density at radius 2 is 2.29 bits per heavy atom. The van der Waals surface area contributed by atoms with Crippen LogP contribution in [-0.2, 0) is 4.79 Å². The Labute approximate surface area is 143 Å². The molecular formula is C16H18N4O3S. The summed E-state index contributed by atoms with van der Waals surface area (Å²) >= 11 is 1.38. The molecule has 126 valence electrons. The normalized spacial score (nSPS) is 12.3. The van der Waals surface area contributed by atoms with E-state index in [2.05, 4.69) is 20.4 Å². The van der Waals surface area contributed by atoms with E-state index in [0.29, 0.717) is 23.2 Å². The first-order chi connectivity index (χ1) is 11.6. The van der Waals surface area contributed by atoms with Gasteiger partial charge >= 0.3 is 0 Å². The highest BCUT2D eigenvalue weighted by atomic mass is 32.2. The zero-order chi connectivity index (χ0) is 17.1. The van der Waals surface area contributed by atoms with E-state index in [0.717, 1.165) is 16.8 Å². The number of carbonyl (C=O) groups excluding carboxylic acids is 1. The van der Waals surface area contributed by atoms with E-state index in [9.17, 15) is 4.79 Å². The summed E-state index contributed by atoms with van der Waals surface area (Å²) < 4.78 is 10.2. The molecule has 0 aliphatic carbocycles. The zero-order valence-corrected chi connectivity index (χ0v) is 14.4. The van der Waals surface area contributed by atoms with Gasteiger partial charge in [0.15, 0.2) is 11.0 Å². The fourth-order valence-corrected chi connectivity index (χ4v) is 3.16. The highest BCUT2D eigenvalue weighted by molar-refractivity contribution is 8.00. The monoisotopic (exact) mass is 346 g/mol. The van der Waals surface area contributed by atoms with Crippen molar-refractivity contribution >= 4 is 34.5 Å². The smallest absolute Gasteiger partial charge is 0.239 e. The van der Waals surface area contributed by atoms with Crippen LogP contribution in [-0.4, -0.2) is 33.4 Å². The molecule has 0 saturated heterocycles. The van der Waals surface area contributed by atoms with E-state index in [1.54, 1.807) is 20.1 Å². The second-order valence-electron chi connectivity index (χ2n) is 5.25. The van der Waals surface area contributed by atoms with Gasteiger partial charge in [0.1, 0.15) is 11.5 Å². The van der Waals surface area contributed by atoms with Gasteiger partial charge in [-0.3, -0.25) is 4.79 Å². The van der Waals surface area contributed by atoms with E-state index in [4.69, 9.17) is 9.26 Å². The quantitative estimate of drug-likeness (QED) is 0.665. The van der Waals surface area contributed by atoms with Crippen LogP contribution < -0.4 is 10.1 Å². The van der Waals surface area contributed by atoms with Crippen LogP contribution in [0, 0.1) is 6.92 Å². The van der Waals surface area contributed by atoms with Gasteiger partial charge in [0.25, 0.3) is 0 Å². The number of amides is 1. The molecular weight excluding hydrogens is 328 g/mol. The minimum absolute atomic E-state index is 0.131. The maximum atomic E-state index is 12.4. The Morgan fingerprint density at radius 1 is 1.46 bits per heavy atom. The Kier molecular flexibility index (Phi) is 4.75. The van der Waals surface area contributed by atoms with Crippen molar-refractivity contribution in [3.63, 3.8) is 0 Å². The summed E-state index contributed by atoms with van der Waals surface area (Å²) in [5.74, 6) is 1.70. The number of nitrogens with zero attached hydrogens (tertiary/aromatic N) is 2. The molecule has 0 aliphatic heterocycles. The van der Waals surface area contributed by atoms with Crippen LogP contribution in [0.4, 0.5) is 5.82 Å². The number of imidazole rings is 1. The van der Waals surface area contributed by atoms with Crippen molar-refractivity contribution in [2.75, 3.05) is 12.4 Å². The molecule has 8 heteroatoms. The summed E-state index contributed by atoms with van der Waals surface area (Å²) in [6.45, 7) is 3.73. The first kappa shape index (κ1) is 16.4. The Balaban J connectivity index is 1.73. The van der Waals surface area contributed by atoms with E-state index >= 15 is 0 Å². The molecule has 0 spiro atoms. The first-order valence-corrected chi connectivity index (χ1v) is 8.41.